The lowest BCUT2D eigenvalue weighted by Gasteiger charge is -2.26. The van der Waals surface area contributed by atoms with Gasteiger partial charge in [0.05, 0.1) is 0 Å². The molecule has 0 spiro atoms. The second kappa shape index (κ2) is 7.17. The molecule has 0 aliphatic carbocycles. The summed E-state index contributed by atoms with van der Waals surface area (Å²) < 4.78 is 28.2. The number of nitrogens with one attached hydrogen (secondary N) is 1. The third-order valence-electron chi connectivity index (χ3n) is 3.18. The Morgan fingerprint density at radius 2 is 1.85 bits per heavy atom. The maximum atomic E-state index is 12.1. The van der Waals surface area contributed by atoms with Crippen LogP contribution in [-0.2, 0) is 16.8 Å². The number of aliphatic hydroxyl groups excluding tert-OH is 1. The van der Waals surface area contributed by atoms with Gasteiger partial charge in [0.25, 0.3) is 10.2 Å². The first-order chi connectivity index (χ1) is 9.27. The van der Waals surface area contributed by atoms with E-state index in [1.807, 2.05) is 44.2 Å². The van der Waals surface area contributed by atoms with Crippen molar-refractivity contribution in [2.45, 2.75) is 26.8 Å². The molecule has 5 nitrogen and oxygen atoms in total. The zero-order chi connectivity index (χ0) is 15.2. The van der Waals surface area contributed by atoms with Gasteiger partial charge in [-0.2, -0.15) is 12.7 Å². The fourth-order valence-electron chi connectivity index (χ4n) is 1.71. The van der Waals surface area contributed by atoms with Crippen molar-refractivity contribution in [3.8, 4) is 0 Å². The lowest BCUT2D eigenvalue weighted by atomic mass is 9.90. The molecule has 0 aliphatic heterocycles. The van der Waals surface area contributed by atoms with Crippen LogP contribution in [0.1, 0.15) is 25.8 Å². The molecule has 0 radical (unpaired) electrons. The molecule has 2 N–H and O–H groups in total. The molecule has 6 heteroatoms. The average molecular weight is 300 g/mol. The molecule has 0 saturated carbocycles. The summed E-state index contributed by atoms with van der Waals surface area (Å²) in [5.41, 5.74) is 0.671. The predicted molar refractivity (Wildman–Crippen MR) is 80.3 cm³/mol. The van der Waals surface area contributed by atoms with Crippen LogP contribution in [-0.4, -0.2) is 38.0 Å². The van der Waals surface area contributed by atoms with Crippen LogP contribution >= 0.6 is 0 Å². The van der Waals surface area contributed by atoms with E-state index in [1.165, 1.54) is 4.31 Å². The van der Waals surface area contributed by atoms with Gasteiger partial charge in [-0.15, -0.1) is 0 Å². The van der Waals surface area contributed by atoms with Crippen molar-refractivity contribution in [3.63, 3.8) is 0 Å². The smallest absolute Gasteiger partial charge is 0.279 e. The van der Waals surface area contributed by atoms with Gasteiger partial charge in [0.2, 0.25) is 0 Å². The normalized spacial score (nSPS) is 12.8. The number of hydrogen-bond acceptors (Lipinski definition) is 3. The number of hydrogen-bond donors (Lipinski definition) is 2. The summed E-state index contributed by atoms with van der Waals surface area (Å²) >= 11 is 0. The largest absolute Gasteiger partial charge is 0.396 e. The summed E-state index contributed by atoms with van der Waals surface area (Å²) in [6, 6.07) is 9.44. The molecule has 0 amide bonds. The summed E-state index contributed by atoms with van der Waals surface area (Å²) in [4.78, 5) is 0. The first kappa shape index (κ1) is 17.1. The van der Waals surface area contributed by atoms with Crippen molar-refractivity contribution in [3.05, 3.63) is 35.9 Å². The molecular formula is C14H24N2O3S. The molecule has 0 aromatic heterocycles. The van der Waals surface area contributed by atoms with Gasteiger partial charge in [-0.25, -0.2) is 4.72 Å². The molecule has 0 saturated heterocycles. The van der Waals surface area contributed by atoms with Crippen molar-refractivity contribution < 1.29 is 13.5 Å². The van der Waals surface area contributed by atoms with Crippen LogP contribution in [0.15, 0.2) is 30.3 Å². The van der Waals surface area contributed by atoms with E-state index in [4.69, 9.17) is 5.11 Å². The Morgan fingerprint density at radius 3 is 2.40 bits per heavy atom. The topological polar surface area (TPSA) is 69.6 Å². The quantitative estimate of drug-likeness (QED) is 0.761. The highest BCUT2D eigenvalue weighted by atomic mass is 32.2. The molecule has 1 aromatic carbocycles. The zero-order valence-corrected chi connectivity index (χ0v) is 13.2. The van der Waals surface area contributed by atoms with Crippen molar-refractivity contribution in [1.82, 2.24) is 9.03 Å². The van der Waals surface area contributed by atoms with E-state index in [-0.39, 0.29) is 12.0 Å². The first-order valence-corrected chi connectivity index (χ1v) is 8.06. The second-order valence-corrected chi connectivity index (χ2v) is 7.57. The second-order valence-electron chi connectivity index (χ2n) is 5.71. The Balaban J connectivity index is 2.60. The number of nitrogens with zero attached hydrogens (tertiary/aromatic N) is 1. The van der Waals surface area contributed by atoms with Gasteiger partial charge in [-0.1, -0.05) is 44.2 Å². The Hall–Kier alpha value is -0.950. The van der Waals surface area contributed by atoms with Gasteiger partial charge >= 0.3 is 0 Å². The van der Waals surface area contributed by atoms with Gasteiger partial charge in [-0.3, -0.25) is 0 Å². The van der Waals surface area contributed by atoms with E-state index in [1.54, 1.807) is 7.05 Å². The third-order valence-corrected chi connectivity index (χ3v) is 4.64. The third kappa shape index (κ3) is 5.58. The van der Waals surface area contributed by atoms with Crippen LogP contribution in [0.5, 0.6) is 0 Å². The fraction of sp³-hybridized carbons (Fsp3) is 0.571. The fourth-order valence-corrected chi connectivity index (χ4v) is 2.83. The SMILES string of the molecule is CN(Cc1ccccc1)S(=O)(=O)NCC(C)(C)CCO. The van der Waals surface area contributed by atoms with E-state index in [0.29, 0.717) is 19.5 Å². The van der Waals surface area contributed by atoms with Crippen LogP contribution < -0.4 is 4.72 Å². The Bertz CT molecular complexity index is 500. The highest BCUT2D eigenvalue weighted by Crippen LogP contribution is 2.18. The van der Waals surface area contributed by atoms with E-state index in [2.05, 4.69) is 4.72 Å². The maximum absolute atomic E-state index is 12.1. The molecule has 0 heterocycles. The summed E-state index contributed by atoms with van der Waals surface area (Å²) in [6.07, 6.45) is 0.553. The van der Waals surface area contributed by atoms with Crippen LogP contribution in [0, 0.1) is 5.41 Å². The van der Waals surface area contributed by atoms with Gasteiger partial charge in [0, 0.05) is 26.7 Å². The van der Waals surface area contributed by atoms with Gasteiger partial charge < -0.3 is 5.11 Å². The molecule has 0 unspecified atom stereocenters. The molecule has 0 bridgehead atoms. The van der Waals surface area contributed by atoms with Crippen molar-refractivity contribution in [2.24, 2.45) is 5.41 Å². The predicted octanol–water partition coefficient (Wildman–Crippen LogP) is 1.36. The van der Waals surface area contributed by atoms with E-state index in [0.717, 1.165) is 5.56 Å². The van der Waals surface area contributed by atoms with Crippen LogP contribution in [0.4, 0.5) is 0 Å². The summed E-state index contributed by atoms with van der Waals surface area (Å²) in [5.74, 6) is 0. The molecule has 1 aromatic rings. The molecule has 114 valence electrons. The molecular weight excluding hydrogens is 276 g/mol. The highest BCUT2D eigenvalue weighted by Gasteiger charge is 2.23. The van der Waals surface area contributed by atoms with Gasteiger partial charge in [-0.05, 0) is 17.4 Å². The molecule has 0 aliphatic rings. The minimum absolute atomic E-state index is 0.0502. The van der Waals surface area contributed by atoms with Crippen molar-refractivity contribution in [1.29, 1.82) is 0 Å². The Labute approximate surface area is 121 Å². The minimum atomic E-state index is -3.51. The molecule has 1 rings (SSSR count). The minimum Gasteiger partial charge on any atom is -0.396 e. The summed E-state index contributed by atoms with van der Waals surface area (Å²) in [7, 11) is -1.96. The standard InChI is InChI=1S/C14H24N2O3S/c1-14(2,9-10-17)12-15-20(18,19)16(3)11-13-7-5-4-6-8-13/h4-8,15,17H,9-12H2,1-3H3. The maximum Gasteiger partial charge on any atom is 0.279 e. The number of benzene rings is 1. The van der Waals surface area contributed by atoms with E-state index < -0.39 is 10.2 Å². The van der Waals surface area contributed by atoms with Crippen molar-refractivity contribution >= 4 is 10.2 Å². The van der Waals surface area contributed by atoms with Crippen LogP contribution in [0.2, 0.25) is 0 Å². The average Bonchev–Trinajstić information content (AvgIpc) is 2.38. The van der Waals surface area contributed by atoms with Crippen molar-refractivity contribution in [2.75, 3.05) is 20.2 Å². The molecule has 0 atom stereocenters. The number of aliphatic hydroxyl groups is 1. The Morgan fingerprint density at radius 1 is 1.25 bits per heavy atom. The van der Waals surface area contributed by atoms with E-state index >= 15 is 0 Å². The summed E-state index contributed by atoms with van der Waals surface area (Å²) in [5, 5.41) is 8.95. The van der Waals surface area contributed by atoms with Gasteiger partial charge in [0.15, 0.2) is 0 Å². The van der Waals surface area contributed by atoms with Crippen LogP contribution in [0.25, 0.3) is 0 Å². The lowest BCUT2D eigenvalue weighted by Crippen LogP contribution is -2.42. The zero-order valence-electron chi connectivity index (χ0n) is 12.3. The molecule has 20 heavy (non-hydrogen) atoms. The van der Waals surface area contributed by atoms with E-state index in [9.17, 15) is 8.42 Å². The number of rotatable bonds is 8. The lowest BCUT2D eigenvalue weighted by molar-refractivity contribution is 0.212. The van der Waals surface area contributed by atoms with Gasteiger partial charge in [0.1, 0.15) is 0 Å². The Kier molecular flexibility index (Phi) is 6.13. The summed E-state index contributed by atoms with van der Waals surface area (Å²) in [6.45, 7) is 4.52. The monoisotopic (exact) mass is 300 g/mol. The first-order valence-electron chi connectivity index (χ1n) is 6.62. The van der Waals surface area contributed by atoms with Crippen LogP contribution in [0.3, 0.4) is 0 Å². The highest BCUT2D eigenvalue weighted by molar-refractivity contribution is 7.87. The molecule has 0 fully saturated rings.